The highest BCUT2D eigenvalue weighted by Gasteiger charge is 2.29. The standard InChI is InChI=1S/C18H18O3/c1-18(2,3)16(19)17(20)21-15-11-9-14(10-12-15)13-7-5-4-6-8-13/h4-12H,1-3H3. The molecule has 108 valence electrons. The molecule has 0 aromatic heterocycles. The van der Waals surface area contributed by atoms with E-state index in [9.17, 15) is 9.59 Å². The third-order valence-corrected chi connectivity index (χ3v) is 3.04. The van der Waals surface area contributed by atoms with Crippen molar-refractivity contribution in [2.45, 2.75) is 20.8 Å². The van der Waals surface area contributed by atoms with Crippen LogP contribution >= 0.6 is 0 Å². The van der Waals surface area contributed by atoms with Gasteiger partial charge in [0.15, 0.2) is 0 Å². The zero-order valence-electron chi connectivity index (χ0n) is 12.4. The second-order valence-corrected chi connectivity index (χ2v) is 5.86. The van der Waals surface area contributed by atoms with Crippen LogP contribution < -0.4 is 4.74 Å². The average molecular weight is 282 g/mol. The molecule has 0 atom stereocenters. The molecule has 0 spiro atoms. The quantitative estimate of drug-likeness (QED) is 0.487. The second kappa shape index (κ2) is 5.92. The van der Waals surface area contributed by atoms with Gasteiger partial charge in [-0.2, -0.15) is 0 Å². The van der Waals surface area contributed by atoms with E-state index >= 15 is 0 Å². The van der Waals surface area contributed by atoms with E-state index in [1.54, 1.807) is 32.9 Å². The molecule has 3 nitrogen and oxygen atoms in total. The first kappa shape index (κ1) is 15.0. The first-order valence-corrected chi connectivity index (χ1v) is 6.80. The van der Waals surface area contributed by atoms with Crippen molar-refractivity contribution < 1.29 is 14.3 Å². The summed E-state index contributed by atoms with van der Waals surface area (Å²) in [6.07, 6.45) is 0. The molecule has 0 heterocycles. The molecule has 3 heteroatoms. The number of carbonyl (C=O) groups excluding carboxylic acids is 2. The Balaban J connectivity index is 2.10. The van der Waals surface area contributed by atoms with E-state index < -0.39 is 17.2 Å². The molecule has 0 fully saturated rings. The molecule has 2 rings (SSSR count). The summed E-state index contributed by atoms with van der Waals surface area (Å²) in [4.78, 5) is 23.5. The van der Waals surface area contributed by atoms with Gasteiger partial charge < -0.3 is 4.74 Å². The predicted octanol–water partition coefficient (Wildman–Crippen LogP) is 3.87. The maximum Gasteiger partial charge on any atom is 0.380 e. The topological polar surface area (TPSA) is 43.4 Å². The van der Waals surface area contributed by atoms with Crippen molar-refractivity contribution in [2.75, 3.05) is 0 Å². The van der Waals surface area contributed by atoms with Crippen molar-refractivity contribution >= 4 is 11.8 Å². The summed E-state index contributed by atoms with van der Waals surface area (Å²) in [5.74, 6) is -0.984. The number of Topliss-reactive ketones (excluding diaryl/α,β-unsaturated/α-hetero) is 1. The Morgan fingerprint density at radius 1 is 0.810 bits per heavy atom. The summed E-state index contributed by atoms with van der Waals surface area (Å²) in [7, 11) is 0. The summed E-state index contributed by atoms with van der Waals surface area (Å²) in [6, 6.07) is 17.0. The van der Waals surface area contributed by atoms with Gasteiger partial charge >= 0.3 is 5.97 Å². The lowest BCUT2D eigenvalue weighted by molar-refractivity contribution is -0.151. The number of hydrogen-bond acceptors (Lipinski definition) is 3. The van der Waals surface area contributed by atoms with Gasteiger partial charge in [-0.25, -0.2) is 4.79 Å². The largest absolute Gasteiger partial charge is 0.421 e. The van der Waals surface area contributed by atoms with Crippen LogP contribution in [0.2, 0.25) is 0 Å². The first-order valence-electron chi connectivity index (χ1n) is 6.80. The SMILES string of the molecule is CC(C)(C)C(=O)C(=O)Oc1ccc(-c2ccccc2)cc1. The smallest absolute Gasteiger partial charge is 0.380 e. The molecule has 0 amide bonds. The number of benzene rings is 2. The molecule has 0 aliphatic rings. The van der Waals surface area contributed by atoms with E-state index in [0.717, 1.165) is 11.1 Å². The van der Waals surface area contributed by atoms with Crippen LogP contribution in [-0.2, 0) is 9.59 Å². The van der Waals surface area contributed by atoms with Crippen molar-refractivity contribution in [2.24, 2.45) is 5.41 Å². The van der Waals surface area contributed by atoms with Gasteiger partial charge in [-0.3, -0.25) is 4.79 Å². The molecule has 21 heavy (non-hydrogen) atoms. The van der Waals surface area contributed by atoms with Gasteiger partial charge in [0, 0.05) is 5.41 Å². The summed E-state index contributed by atoms with van der Waals surface area (Å²) < 4.78 is 5.11. The molecule has 2 aromatic carbocycles. The van der Waals surface area contributed by atoms with Crippen LogP contribution in [0, 0.1) is 5.41 Å². The minimum absolute atomic E-state index is 0.372. The van der Waals surface area contributed by atoms with E-state index in [1.807, 2.05) is 42.5 Å². The Hall–Kier alpha value is -2.42. The van der Waals surface area contributed by atoms with E-state index in [4.69, 9.17) is 4.74 Å². The molecule has 0 bridgehead atoms. The fourth-order valence-electron chi connectivity index (χ4n) is 1.81. The summed E-state index contributed by atoms with van der Waals surface area (Å²) in [5.41, 5.74) is 1.37. The van der Waals surface area contributed by atoms with Crippen molar-refractivity contribution in [1.82, 2.24) is 0 Å². The molecule has 0 saturated heterocycles. The number of rotatable bonds is 3. The fraction of sp³-hybridized carbons (Fsp3) is 0.222. The Morgan fingerprint density at radius 3 is 1.86 bits per heavy atom. The fourth-order valence-corrected chi connectivity index (χ4v) is 1.81. The minimum atomic E-state index is -0.824. The molecule has 0 saturated carbocycles. The van der Waals surface area contributed by atoms with Crippen molar-refractivity contribution in [1.29, 1.82) is 0 Å². The van der Waals surface area contributed by atoms with Crippen LogP contribution in [0.1, 0.15) is 20.8 Å². The lowest BCUT2D eigenvalue weighted by Crippen LogP contribution is -2.32. The molecule has 0 unspecified atom stereocenters. The molecule has 0 aliphatic heterocycles. The minimum Gasteiger partial charge on any atom is -0.421 e. The highest BCUT2D eigenvalue weighted by Crippen LogP contribution is 2.23. The molecular formula is C18H18O3. The molecule has 2 aromatic rings. The third kappa shape index (κ3) is 3.78. The highest BCUT2D eigenvalue weighted by atomic mass is 16.5. The van der Waals surface area contributed by atoms with Crippen LogP contribution in [0.4, 0.5) is 0 Å². The zero-order chi connectivity index (χ0) is 15.5. The van der Waals surface area contributed by atoms with Crippen molar-refractivity contribution in [3.63, 3.8) is 0 Å². The van der Waals surface area contributed by atoms with E-state index in [2.05, 4.69) is 0 Å². The maximum atomic E-state index is 11.8. The predicted molar refractivity (Wildman–Crippen MR) is 82.0 cm³/mol. The first-order chi connectivity index (χ1) is 9.88. The van der Waals surface area contributed by atoms with Crippen LogP contribution in [0.5, 0.6) is 5.75 Å². The average Bonchev–Trinajstić information content (AvgIpc) is 2.47. The van der Waals surface area contributed by atoms with E-state index in [-0.39, 0.29) is 0 Å². The third-order valence-electron chi connectivity index (χ3n) is 3.04. The lowest BCUT2D eigenvalue weighted by atomic mass is 9.91. The van der Waals surface area contributed by atoms with Crippen molar-refractivity contribution in [3.05, 3.63) is 54.6 Å². The molecule has 0 radical (unpaired) electrons. The zero-order valence-corrected chi connectivity index (χ0v) is 12.4. The van der Waals surface area contributed by atoms with E-state index in [1.165, 1.54) is 0 Å². The van der Waals surface area contributed by atoms with Gasteiger partial charge in [0.2, 0.25) is 5.78 Å². The Morgan fingerprint density at radius 2 is 1.33 bits per heavy atom. The molecular weight excluding hydrogens is 264 g/mol. The number of ether oxygens (including phenoxy) is 1. The van der Waals surface area contributed by atoms with Crippen LogP contribution in [0.15, 0.2) is 54.6 Å². The monoisotopic (exact) mass is 282 g/mol. The number of hydrogen-bond donors (Lipinski definition) is 0. The van der Waals surface area contributed by atoms with Crippen LogP contribution in [-0.4, -0.2) is 11.8 Å². The number of esters is 1. The van der Waals surface area contributed by atoms with Crippen molar-refractivity contribution in [3.8, 4) is 16.9 Å². The summed E-state index contributed by atoms with van der Waals surface area (Å²) >= 11 is 0. The number of ketones is 1. The van der Waals surface area contributed by atoms with Gasteiger partial charge in [-0.05, 0) is 23.3 Å². The van der Waals surface area contributed by atoms with Gasteiger partial charge in [0.05, 0.1) is 0 Å². The normalized spacial score (nSPS) is 11.0. The van der Waals surface area contributed by atoms with Crippen LogP contribution in [0.25, 0.3) is 11.1 Å². The summed E-state index contributed by atoms with van der Waals surface area (Å²) in [5, 5.41) is 0. The maximum absolute atomic E-state index is 11.8. The molecule has 0 N–H and O–H groups in total. The van der Waals surface area contributed by atoms with Gasteiger partial charge in [0.1, 0.15) is 5.75 Å². The van der Waals surface area contributed by atoms with Gasteiger partial charge in [-0.1, -0.05) is 63.2 Å². The Kier molecular flexibility index (Phi) is 4.22. The second-order valence-electron chi connectivity index (χ2n) is 5.86. The number of carbonyl (C=O) groups is 2. The van der Waals surface area contributed by atoms with E-state index in [0.29, 0.717) is 5.75 Å². The Bertz CT molecular complexity index is 634. The van der Waals surface area contributed by atoms with Gasteiger partial charge in [-0.15, -0.1) is 0 Å². The Labute approximate surface area is 124 Å². The molecule has 0 aliphatic carbocycles. The van der Waals surface area contributed by atoms with Gasteiger partial charge in [0.25, 0.3) is 0 Å². The summed E-state index contributed by atoms with van der Waals surface area (Å²) in [6.45, 7) is 5.07. The lowest BCUT2D eigenvalue weighted by Gasteiger charge is -2.14. The highest BCUT2D eigenvalue weighted by molar-refractivity contribution is 6.36. The van der Waals surface area contributed by atoms with Crippen LogP contribution in [0.3, 0.4) is 0 Å².